The van der Waals surface area contributed by atoms with E-state index in [1.165, 1.54) is 14.2 Å². The van der Waals surface area contributed by atoms with Gasteiger partial charge >= 0.3 is 6.18 Å². The van der Waals surface area contributed by atoms with Gasteiger partial charge in [0, 0.05) is 17.3 Å². The molecule has 0 spiro atoms. The molecule has 0 unspecified atom stereocenters. The summed E-state index contributed by atoms with van der Waals surface area (Å²) in [6.45, 7) is 1.56. The van der Waals surface area contributed by atoms with Gasteiger partial charge in [0.05, 0.1) is 25.2 Å². The van der Waals surface area contributed by atoms with Gasteiger partial charge in [0.15, 0.2) is 16.7 Å². The van der Waals surface area contributed by atoms with Crippen LogP contribution in [0.1, 0.15) is 12.6 Å². The Hall–Kier alpha value is -3.27. The van der Waals surface area contributed by atoms with Crippen molar-refractivity contribution in [3.05, 3.63) is 60.3 Å². The van der Waals surface area contributed by atoms with Crippen LogP contribution in [0.25, 0.3) is 11.3 Å². The van der Waals surface area contributed by atoms with Crippen molar-refractivity contribution in [1.82, 2.24) is 9.97 Å². The van der Waals surface area contributed by atoms with Gasteiger partial charge in [0.25, 0.3) is 0 Å². The van der Waals surface area contributed by atoms with Crippen molar-refractivity contribution >= 4 is 23.4 Å². The first-order chi connectivity index (χ1) is 15.2. The summed E-state index contributed by atoms with van der Waals surface area (Å²) in [6, 6.07) is 14.2. The fourth-order valence-electron chi connectivity index (χ4n) is 2.75. The average Bonchev–Trinajstić information content (AvgIpc) is 2.78. The molecule has 3 aromatic rings. The predicted octanol–water partition coefficient (Wildman–Crippen LogP) is 5.30. The van der Waals surface area contributed by atoms with Gasteiger partial charge in [-0.15, -0.1) is 0 Å². The summed E-state index contributed by atoms with van der Waals surface area (Å²) in [6.07, 6.45) is -4.65. The highest BCUT2D eigenvalue weighted by Crippen LogP contribution is 2.33. The molecule has 32 heavy (non-hydrogen) atoms. The lowest BCUT2D eigenvalue weighted by atomic mass is 10.1. The second-order valence-electron chi connectivity index (χ2n) is 6.60. The average molecular weight is 463 g/mol. The summed E-state index contributed by atoms with van der Waals surface area (Å²) in [5.74, 6) is 0.502. The second-order valence-corrected chi connectivity index (χ2v) is 7.91. The molecular formula is C22H20F3N3O3S. The number of hydrogen-bond acceptors (Lipinski definition) is 6. The number of nitrogens with one attached hydrogen (secondary N) is 1. The van der Waals surface area contributed by atoms with Crippen molar-refractivity contribution in [3.8, 4) is 22.8 Å². The molecule has 2 aromatic carbocycles. The fourth-order valence-corrected chi connectivity index (χ4v) is 3.53. The van der Waals surface area contributed by atoms with Crippen LogP contribution in [-0.4, -0.2) is 35.3 Å². The first-order valence-electron chi connectivity index (χ1n) is 9.42. The number of anilines is 1. The van der Waals surface area contributed by atoms with Crippen LogP contribution in [0.2, 0.25) is 0 Å². The Kier molecular flexibility index (Phi) is 7.24. The molecule has 0 aliphatic heterocycles. The Labute approximate surface area is 187 Å². The van der Waals surface area contributed by atoms with Crippen LogP contribution in [0.4, 0.5) is 18.9 Å². The zero-order chi connectivity index (χ0) is 23.3. The van der Waals surface area contributed by atoms with Crippen LogP contribution in [0.5, 0.6) is 11.5 Å². The molecule has 1 atom stereocenters. The van der Waals surface area contributed by atoms with Crippen molar-refractivity contribution in [3.63, 3.8) is 0 Å². The Balaban J connectivity index is 1.82. The van der Waals surface area contributed by atoms with Crippen LogP contribution >= 0.6 is 11.8 Å². The highest BCUT2D eigenvalue weighted by molar-refractivity contribution is 8.00. The summed E-state index contributed by atoms with van der Waals surface area (Å²) in [5.41, 5.74) is 0.0315. The van der Waals surface area contributed by atoms with E-state index in [1.807, 2.05) is 0 Å². The zero-order valence-corrected chi connectivity index (χ0v) is 18.3. The monoisotopic (exact) mass is 463 g/mol. The van der Waals surface area contributed by atoms with E-state index in [2.05, 4.69) is 15.3 Å². The number of methoxy groups -OCH3 is 2. The maximum Gasteiger partial charge on any atom is 0.433 e. The zero-order valence-electron chi connectivity index (χ0n) is 17.4. The number of hydrogen-bond donors (Lipinski definition) is 1. The fraction of sp³-hybridized carbons (Fsp3) is 0.227. The first kappa shape index (κ1) is 23.4. The Morgan fingerprint density at radius 2 is 1.69 bits per heavy atom. The summed E-state index contributed by atoms with van der Waals surface area (Å²) < 4.78 is 50.5. The Morgan fingerprint density at radius 3 is 2.31 bits per heavy atom. The number of amides is 1. The molecule has 1 aromatic heterocycles. The molecule has 6 nitrogen and oxygen atoms in total. The Bertz CT molecular complexity index is 1090. The molecule has 0 bridgehead atoms. The van der Waals surface area contributed by atoms with Crippen molar-refractivity contribution in [2.75, 3.05) is 19.5 Å². The third kappa shape index (κ3) is 5.70. The van der Waals surface area contributed by atoms with Crippen molar-refractivity contribution < 1.29 is 27.4 Å². The molecule has 0 fully saturated rings. The Morgan fingerprint density at radius 1 is 1.00 bits per heavy atom. The quantitative estimate of drug-likeness (QED) is 0.379. The number of alkyl halides is 3. The predicted molar refractivity (Wildman–Crippen MR) is 116 cm³/mol. The van der Waals surface area contributed by atoms with Gasteiger partial charge in [-0.1, -0.05) is 42.1 Å². The highest BCUT2D eigenvalue weighted by Gasteiger charge is 2.34. The SMILES string of the molecule is COc1ccc(NC(=O)[C@@H](C)Sc2nc(-c3ccccc3)cc(C(F)(F)F)n2)cc1OC. The number of carbonyl (C=O) groups excluding carboxylic acids is 1. The van der Waals surface area contributed by atoms with Crippen molar-refractivity contribution in [2.45, 2.75) is 23.5 Å². The number of carbonyl (C=O) groups is 1. The van der Waals surface area contributed by atoms with Gasteiger partial charge in [0.1, 0.15) is 5.69 Å². The molecule has 1 amide bonds. The van der Waals surface area contributed by atoms with Gasteiger partial charge in [-0.2, -0.15) is 13.2 Å². The van der Waals surface area contributed by atoms with E-state index >= 15 is 0 Å². The molecule has 0 aliphatic rings. The molecule has 0 aliphatic carbocycles. The summed E-state index contributed by atoms with van der Waals surface area (Å²) in [7, 11) is 2.96. The number of ether oxygens (including phenoxy) is 2. The minimum absolute atomic E-state index is 0.128. The normalized spacial score (nSPS) is 12.2. The van der Waals surface area contributed by atoms with E-state index in [0.29, 0.717) is 22.7 Å². The second kappa shape index (κ2) is 9.90. The van der Waals surface area contributed by atoms with Crippen LogP contribution in [-0.2, 0) is 11.0 Å². The molecule has 0 radical (unpaired) electrons. The van der Waals surface area contributed by atoms with E-state index < -0.39 is 23.0 Å². The summed E-state index contributed by atoms with van der Waals surface area (Å²) in [4.78, 5) is 20.5. The lowest BCUT2D eigenvalue weighted by Crippen LogP contribution is -2.23. The molecule has 0 saturated carbocycles. The number of aromatic nitrogens is 2. The van der Waals surface area contributed by atoms with Crippen LogP contribution in [0.15, 0.2) is 59.8 Å². The van der Waals surface area contributed by atoms with E-state index in [1.54, 1.807) is 55.5 Å². The minimum atomic E-state index is -4.65. The topological polar surface area (TPSA) is 73.3 Å². The number of thioether (sulfide) groups is 1. The summed E-state index contributed by atoms with van der Waals surface area (Å²) in [5, 5.41) is 1.79. The van der Waals surface area contributed by atoms with E-state index in [-0.39, 0.29) is 10.9 Å². The maximum absolute atomic E-state index is 13.4. The van der Waals surface area contributed by atoms with Crippen LogP contribution < -0.4 is 14.8 Å². The number of benzene rings is 2. The van der Waals surface area contributed by atoms with Crippen LogP contribution in [0.3, 0.4) is 0 Å². The van der Waals surface area contributed by atoms with E-state index in [0.717, 1.165) is 17.8 Å². The highest BCUT2D eigenvalue weighted by atomic mass is 32.2. The van der Waals surface area contributed by atoms with E-state index in [9.17, 15) is 18.0 Å². The molecule has 10 heteroatoms. The number of halogens is 3. The lowest BCUT2D eigenvalue weighted by Gasteiger charge is -2.15. The largest absolute Gasteiger partial charge is 0.493 e. The van der Waals surface area contributed by atoms with Crippen LogP contribution in [0, 0.1) is 0 Å². The van der Waals surface area contributed by atoms with Gasteiger partial charge in [0.2, 0.25) is 5.91 Å². The van der Waals surface area contributed by atoms with Crippen molar-refractivity contribution in [2.24, 2.45) is 0 Å². The van der Waals surface area contributed by atoms with Gasteiger partial charge in [-0.05, 0) is 25.1 Å². The van der Waals surface area contributed by atoms with Gasteiger partial charge in [-0.3, -0.25) is 4.79 Å². The third-order valence-electron chi connectivity index (χ3n) is 4.37. The lowest BCUT2D eigenvalue weighted by molar-refractivity contribution is -0.141. The molecule has 3 rings (SSSR count). The summed E-state index contributed by atoms with van der Waals surface area (Å²) >= 11 is 0.837. The molecule has 0 saturated heterocycles. The third-order valence-corrected chi connectivity index (χ3v) is 5.33. The number of rotatable bonds is 7. The molecule has 168 valence electrons. The molecule has 1 N–H and O–H groups in total. The maximum atomic E-state index is 13.4. The number of nitrogens with zero attached hydrogens (tertiary/aromatic N) is 2. The first-order valence-corrected chi connectivity index (χ1v) is 10.3. The standard InChI is InChI=1S/C22H20F3N3O3S/c1-13(20(29)26-15-9-10-17(30-2)18(11-15)31-3)32-21-27-16(14-7-5-4-6-8-14)12-19(28-21)22(23,24)25/h4-13H,1-3H3,(H,26,29)/t13-/m1/s1. The molecular weight excluding hydrogens is 443 g/mol. The molecule has 1 heterocycles. The van der Waals surface area contributed by atoms with Gasteiger partial charge in [-0.25, -0.2) is 9.97 Å². The van der Waals surface area contributed by atoms with Crippen molar-refractivity contribution in [1.29, 1.82) is 0 Å². The van der Waals surface area contributed by atoms with Gasteiger partial charge < -0.3 is 14.8 Å². The smallest absolute Gasteiger partial charge is 0.433 e. The van der Waals surface area contributed by atoms with E-state index in [4.69, 9.17) is 9.47 Å². The minimum Gasteiger partial charge on any atom is -0.493 e.